The van der Waals surface area contributed by atoms with Gasteiger partial charge in [-0.2, -0.15) is 4.80 Å². The molecule has 0 aliphatic heterocycles. The molecule has 6 rings (SSSR count). The molecule has 1 heterocycles. The van der Waals surface area contributed by atoms with Crippen molar-refractivity contribution < 1.29 is 4.74 Å². The van der Waals surface area contributed by atoms with Crippen LogP contribution in [0.5, 0.6) is 11.5 Å². The van der Waals surface area contributed by atoms with Crippen molar-refractivity contribution in [1.29, 1.82) is 0 Å². The number of rotatable bonds is 5. The van der Waals surface area contributed by atoms with Crippen molar-refractivity contribution >= 4 is 66.4 Å². The third kappa shape index (κ3) is 4.23. The molecule has 0 radical (unpaired) electrons. The number of nitrogens with two attached hydrogens (primary N) is 1. The number of benzene rings is 5. The quantitative estimate of drug-likeness (QED) is 0.210. The van der Waals surface area contributed by atoms with Gasteiger partial charge in [-0.1, -0.05) is 48.0 Å². The van der Waals surface area contributed by atoms with Crippen LogP contribution in [0.1, 0.15) is 0 Å². The van der Waals surface area contributed by atoms with Gasteiger partial charge in [-0.25, -0.2) is 0 Å². The minimum atomic E-state index is 0.439. The molecule has 0 bridgehead atoms. The fourth-order valence-corrected chi connectivity index (χ4v) is 4.79. The normalized spacial score (nSPS) is 11.2. The molecule has 0 aliphatic carbocycles. The first kappa shape index (κ1) is 22.4. The van der Waals surface area contributed by atoms with E-state index in [1.165, 1.54) is 0 Å². The number of ether oxygens (including phenoxy) is 1. The van der Waals surface area contributed by atoms with Crippen LogP contribution in [0.25, 0.3) is 27.5 Å². The molecule has 1 aromatic heterocycles. The third-order valence-corrected chi connectivity index (χ3v) is 6.94. The Morgan fingerprint density at radius 3 is 2.31 bits per heavy atom. The molecule has 6 nitrogen and oxygen atoms in total. The van der Waals surface area contributed by atoms with Crippen LogP contribution in [-0.2, 0) is 0 Å². The van der Waals surface area contributed by atoms with E-state index in [1.807, 2.05) is 72.8 Å². The van der Waals surface area contributed by atoms with E-state index in [4.69, 9.17) is 22.1 Å². The lowest BCUT2D eigenvalue weighted by Crippen LogP contribution is -1.99. The van der Waals surface area contributed by atoms with Crippen LogP contribution >= 0.6 is 27.5 Å². The number of nitrogen functional groups attached to an aromatic ring is 1. The number of hydrogen-bond acceptors (Lipinski definition) is 5. The summed E-state index contributed by atoms with van der Waals surface area (Å²) < 4.78 is 6.79. The molecule has 8 heteroatoms. The first-order valence-corrected chi connectivity index (χ1v) is 12.4. The van der Waals surface area contributed by atoms with Crippen LogP contribution in [0.2, 0.25) is 5.02 Å². The molecule has 5 aromatic carbocycles. The fraction of sp³-hybridized carbons (Fsp3) is 0. The smallest absolute Gasteiger partial charge is 0.135 e. The highest BCUT2D eigenvalue weighted by Gasteiger charge is 2.13. The van der Waals surface area contributed by atoms with Gasteiger partial charge < -0.3 is 15.8 Å². The third-order valence-electron chi connectivity index (χ3n) is 5.82. The lowest BCUT2D eigenvalue weighted by molar-refractivity contribution is 0.488. The van der Waals surface area contributed by atoms with Crippen molar-refractivity contribution in [1.82, 2.24) is 15.0 Å². The fourth-order valence-electron chi connectivity index (χ4n) is 3.98. The largest absolute Gasteiger partial charge is 0.457 e. The molecule has 6 aromatic rings. The summed E-state index contributed by atoms with van der Waals surface area (Å²) >= 11 is 9.63. The van der Waals surface area contributed by atoms with E-state index in [9.17, 15) is 0 Å². The van der Waals surface area contributed by atoms with Crippen molar-refractivity contribution in [3.05, 3.63) is 107 Å². The number of hydrogen-bond donors (Lipinski definition) is 2. The number of anilines is 3. The van der Waals surface area contributed by atoms with Gasteiger partial charge in [0.1, 0.15) is 22.5 Å². The molecule has 0 saturated carbocycles. The van der Waals surface area contributed by atoms with Crippen molar-refractivity contribution in [2.45, 2.75) is 0 Å². The zero-order chi connectivity index (χ0) is 24.6. The lowest BCUT2D eigenvalue weighted by Gasteiger charge is -2.11. The first-order valence-electron chi connectivity index (χ1n) is 11.2. The van der Waals surface area contributed by atoms with E-state index in [0.29, 0.717) is 26.2 Å². The minimum absolute atomic E-state index is 0.439. The molecule has 0 unspecified atom stereocenters. The second-order valence-electron chi connectivity index (χ2n) is 8.22. The molecule has 176 valence electrons. The van der Waals surface area contributed by atoms with Crippen molar-refractivity contribution in [2.75, 3.05) is 11.1 Å². The van der Waals surface area contributed by atoms with Crippen molar-refractivity contribution in [3.63, 3.8) is 0 Å². The number of halogens is 2. The highest BCUT2D eigenvalue weighted by Crippen LogP contribution is 2.34. The van der Waals surface area contributed by atoms with E-state index >= 15 is 0 Å². The second-order valence-corrected chi connectivity index (χ2v) is 9.42. The van der Waals surface area contributed by atoms with Crippen LogP contribution in [0.15, 0.2) is 102 Å². The summed E-state index contributed by atoms with van der Waals surface area (Å²) in [4.78, 5) is 1.56. The number of fused-ring (bicyclic) bond motifs is 2. The molecule has 0 atom stereocenters. The standard InChI is InChI=1S/C28H19BrClN5O/c29-26-27(31)23(30)16-24-28(26)34-35(33-24)20-12-8-18(9-13-20)32-19-10-14-21(15-11-19)36-25-7-3-5-17-4-1-2-6-22(17)25/h1-16,32H,31H2. The molecule has 0 amide bonds. The Bertz CT molecular complexity index is 1710. The summed E-state index contributed by atoms with van der Waals surface area (Å²) in [6.45, 7) is 0. The van der Waals surface area contributed by atoms with Gasteiger partial charge in [-0.3, -0.25) is 0 Å². The molecule has 3 N–H and O–H groups in total. The second kappa shape index (κ2) is 9.18. The number of nitrogens with zero attached hydrogens (tertiary/aromatic N) is 3. The van der Waals surface area contributed by atoms with E-state index in [-0.39, 0.29) is 0 Å². The van der Waals surface area contributed by atoms with Gasteiger partial charge in [0, 0.05) is 16.8 Å². The van der Waals surface area contributed by atoms with Crippen LogP contribution in [0, 0.1) is 0 Å². The summed E-state index contributed by atoms with van der Waals surface area (Å²) in [6.07, 6.45) is 0. The zero-order valence-corrected chi connectivity index (χ0v) is 21.2. The predicted octanol–water partition coefficient (Wildman–Crippen LogP) is 8.11. The van der Waals surface area contributed by atoms with Gasteiger partial charge >= 0.3 is 0 Å². The summed E-state index contributed by atoms with van der Waals surface area (Å²) in [6, 6.07) is 31.7. The van der Waals surface area contributed by atoms with Crippen molar-refractivity contribution in [2.24, 2.45) is 0 Å². The Morgan fingerprint density at radius 1 is 0.833 bits per heavy atom. The highest BCUT2D eigenvalue weighted by atomic mass is 79.9. The topological polar surface area (TPSA) is 78.0 Å². The SMILES string of the molecule is Nc1c(Cl)cc2nn(-c3ccc(Nc4ccc(Oc5cccc6ccccc56)cc4)cc3)nc2c1Br. The number of nitrogens with one attached hydrogen (secondary N) is 1. The molecular formula is C28H19BrClN5O. The van der Waals surface area contributed by atoms with Gasteiger partial charge in [0.05, 0.1) is 20.9 Å². The Hall–Kier alpha value is -4.07. The summed E-state index contributed by atoms with van der Waals surface area (Å²) in [5, 5.41) is 15.1. The average molecular weight is 557 g/mol. The Labute approximate surface area is 220 Å². The van der Waals surface area contributed by atoms with E-state index in [0.717, 1.165) is 39.3 Å². The predicted molar refractivity (Wildman–Crippen MR) is 150 cm³/mol. The monoisotopic (exact) mass is 555 g/mol. The molecule has 0 saturated heterocycles. The Balaban J connectivity index is 1.17. The van der Waals surface area contributed by atoms with Crippen LogP contribution in [0.4, 0.5) is 17.1 Å². The van der Waals surface area contributed by atoms with Gasteiger partial charge in [0.25, 0.3) is 0 Å². The average Bonchev–Trinajstić information content (AvgIpc) is 3.33. The molecule has 0 aliphatic rings. The summed E-state index contributed by atoms with van der Waals surface area (Å²) in [7, 11) is 0. The van der Waals surface area contributed by atoms with E-state index in [1.54, 1.807) is 10.9 Å². The molecule has 0 spiro atoms. The van der Waals surface area contributed by atoms with Crippen LogP contribution < -0.4 is 15.8 Å². The maximum Gasteiger partial charge on any atom is 0.135 e. The van der Waals surface area contributed by atoms with Crippen LogP contribution in [0.3, 0.4) is 0 Å². The first-order chi connectivity index (χ1) is 17.5. The lowest BCUT2D eigenvalue weighted by atomic mass is 10.1. The van der Waals surface area contributed by atoms with Gasteiger partial charge in [0.2, 0.25) is 0 Å². The van der Waals surface area contributed by atoms with Gasteiger partial charge in [0.15, 0.2) is 0 Å². The van der Waals surface area contributed by atoms with E-state index < -0.39 is 0 Å². The van der Waals surface area contributed by atoms with Crippen LogP contribution in [-0.4, -0.2) is 15.0 Å². The Kier molecular flexibility index (Phi) is 5.71. The molecular weight excluding hydrogens is 538 g/mol. The summed E-state index contributed by atoms with van der Waals surface area (Å²) in [5.74, 6) is 1.61. The summed E-state index contributed by atoms with van der Waals surface area (Å²) in [5.41, 5.74) is 10.5. The maximum absolute atomic E-state index is 6.17. The molecule has 0 fully saturated rings. The number of aromatic nitrogens is 3. The van der Waals surface area contributed by atoms with Gasteiger partial charge in [-0.15, -0.1) is 10.2 Å². The maximum atomic E-state index is 6.17. The zero-order valence-electron chi connectivity index (χ0n) is 18.8. The molecule has 36 heavy (non-hydrogen) atoms. The van der Waals surface area contributed by atoms with Gasteiger partial charge in [-0.05, 0) is 82.0 Å². The van der Waals surface area contributed by atoms with E-state index in [2.05, 4.69) is 49.6 Å². The Morgan fingerprint density at radius 2 is 1.53 bits per heavy atom. The minimum Gasteiger partial charge on any atom is -0.457 e. The highest BCUT2D eigenvalue weighted by molar-refractivity contribution is 9.10. The van der Waals surface area contributed by atoms with Crippen molar-refractivity contribution in [3.8, 4) is 17.2 Å².